The molecular weight excluding hydrogens is 273 g/mol. The number of rotatable bonds is 5. The van der Waals surface area contributed by atoms with Gasteiger partial charge in [0.25, 0.3) is 0 Å². The van der Waals surface area contributed by atoms with Crippen LogP contribution in [0.3, 0.4) is 0 Å². The molecule has 0 saturated carbocycles. The first kappa shape index (κ1) is 14.8. The van der Waals surface area contributed by atoms with E-state index in [-0.39, 0.29) is 5.82 Å². The third-order valence-corrected chi connectivity index (χ3v) is 3.90. The molecule has 5 heteroatoms. The molecule has 2 rings (SSSR count). The Labute approximate surface area is 123 Å². The van der Waals surface area contributed by atoms with Crippen molar-refractivity contribution in [3.8, 4) is 0 Å². The molecule has 106 valence electrons. The largest absolute Gasteiger partial charge is 0.370 e. The molecule has 1 heterocycles. The summed E-state index contributed by atoms with van der Waals surface area (Å²) in [7, 11) is 0. The van der Waals surface area contributed by atoms with Crippen LogP contribution in [0.15, 0.2) is 34.2 Å². The number of benzene rings is 1. The molecular formula is C15H18FN3S. The molecule has 0 fully saturated rings. The topological polar surface area (TPSA) is 37.8 Å². The molecule has 0 saturated heterocycles. The second-order valence-electron chi connectivity index (χ2n) is 4.36. The lowest BCUT2D eigenvalue weighted by molar-refractivity contribution is 0.624. The molecule has 0 aliphatic heterocycles. The van der Waals surface area contributed by atoms with E-state index in [1.165, 1.54) is 23.9 Å². The molecule has 1 N–H and O–H groups in total. The van der Waals surface area contributed by atoms with Crippen molar-refractivity contribution in [3.05, 3.63) is 41.5 Å². The summed E-state index contributed by atoms with van der Waals surface area (Å²) in [5.74, 6) is 1.42. The van der Waals surface area contributed by atoms with Crippen LogP contribution in [0.5, 0.6) is 0 Å². The Morgan fingerprint density at radius 1 is 1.25 bits per heavy atom. The zero-order valence-electron chi connectivity index (χ0n) is 11.9. The average Bonchev–Trinajstić information content (AvgIpc) is 2.43. The number of hydrogen-bond acceptors (Lipinski definition) is 4. The predicted molar refractivity (Wildman–Crippen MR) is 80.8 cm³/mol. The molecule has 2 aromatic rings. The first-order valence-corrected chi connectivity index (χ1v) is 7.50. The highest BCUT2D eigenvalue weighted by Gasteiger charge is 2.11. The fourth-order valence-electron chi connectivity index (χ4n) is 1.78. The third-order valence-electron chi connectivity index (χ3n) is 2.82. The minimum atomic E-state index is -0.232. The maximum absolute atomic E-state index is 13.3. The van der Waals surface area contributed by atoms with E-state index in [0.29, 0.717) is 0 Å². The van der Waals surface area contributed by atoms with E-state index in [1.54, 1.807) is 6.07 Å². The van der Waals surface area contributed by atoms with Gasteiger partial charge < -0.3 is 5.32 Å². The summed E-state index contributed by atoms with van der Waals surface area (Å²) < 4.78 is 13.3. The van der Waals surface area contributed by atoms with Gasteiger partial charge in [0, 0.05) is 23.4 Å². The van der Waals surface area contributed by atoms with Crippen LogP contribution in [0.2, 0.25) is 0 Å². The van der Waals surface area contributed by atoms with Crippen molar-refractivity contribution in [2.75, 3.05) is 11.9 Å². The van der Waals surface area contributed by atoms with Crippen LogP contribution in [-0.2, 0) is 6.42 Å². The van der Waals surface area contributed by atoms with Crippen molar-refractivity contribution in [1.29, 1.82) is 0 Å². The predicted octanol–water partition coefficient (Wildman–Crippen LogP) is 4.07. The van der Waals surface area contributed by atoms with Gasteiger partial charge in [-0.05, 0) is 32.0 Å². The molecule has 0 amide bonds. The number of nitrogens with zero attached hydrogens (tertiary/aromatic N) is 2. The minimum Gasteiger partial charge on any atom is -0.370 e. The van der Waals surface area contributed by atoms with Gasteiger partial charge in [0.05, 0.1) is 0 Å². The highest BCUT2D eigenvalue weighted by Crippen LogP contribution is 2.31. The minimum absolute atomic E-state index is 0.232. The Bertz CT molecular complexity index is 602. The smallest absolute Gasteiger partial charge is 0.133 e. The fourth-order valence-corrected chi connectivity index (χ4v) is 2.72. The van der Waals surface area contributed by atoms with Crippen LogP contribution in [0.25, 0.3) is 0 Å². The van der Waals surface area contributed by atoms with E-state index >= 15 is 0 Å². The van der Waals surface area contributed by atoms with Crippen LogP contribution in [-0.4, -0.2) is 16.5 Å². The Balaban J connectivity index is 2.37. The molecule has 1 aromatic heterocycles. The maximum atomic E-state index is 13.3. The fraction of sp³-hybridized carbons (Fsp3) is 0.333. The van der Waals surface area contributed by atoms with Gasteiger partial charge in [-0.3, -0.25) is 0 Å². The van der Waals surface area contributed by atoms with Crippen molar-refractivity contribution in [2.45, 2.75) is 37.1 Å². The second-order valence-corrected chi connectivity index (χ2v) is 5.42. The second kappa shape index (κ2) is 6.70. The summed E-state index contributed by atoms with van der Waals surface area (Å²) in [6.07, 6.45) is 0.773. The number of aromatic nitrogens is 2. The standard InChI is InChI=1S/C15H18FN3S/c1-4-13-18-14(17-5-2)10(3)15(19-13)20-12-8-6-7-11(16)9-12/h6-9H,4-5H2,1-3H3,(H,17,18,19). The van der Waals surface area contributed by atoms with Gasteiger partial charge in [-0.2, -0.15) is 0 Å². The lowest BCUT2D eigenvalue weighted by atomic mass is 10.3. The zero-order chi connectivity index (χ0) is 14.5. The van der Waals surface area contributed by atoms with Crippen LogP contribution in [0.1, 0.15) is 25.2 Å². The van der Waals surface area contributed by atoms with E-state index in [2.05, 4.69) is 15.3 Å². The van der Waals surface area contributed by atoms with Crippen LogP contribution in [0, 0.1) is 12.7 Å². The van der Waals surface area contributed by atoms with Gasteiger partial charge in [-0.15, -0.1) is 0 Å². The SMILES string of the molecule is CCNc1nc(CC)nc(Sc2cccc(F)c2)c1C. The quantitative estimate of drug-likeness (QED) is 0.843. The van der Waals surface area contributed by atoms with E-state index in [9.17, 15) is 4.39 Å². The van der Waals surface area contributed by atoms with Crippen molar-refractivity contribution in [2.24, 2.45) is 0 Å². The van der Waals surface area contributed by atoms with Crippen LogP contribution in [0.4, 0.5) is 10.2 Å². The molecule has 0 atom stereocenters. The van der Waals surface area contributed by atoms with Crippen molar-refractivity contribution in [3.63, 3.8) is 0 Å². The summed E-state index contributed by atoms with van der Waals surface area (Å²) in [6, 6.07) is 6.55. The van der Waals surface area contributed by atoms with E-state index in [0.717, 1.165) is 40.1 Å². The first-order valence-electron chi connectivity index (χ1n) is 6.68. The lowest BCUT2D eigenvalue weighted by Gasteiger charge is -2.12. The Hall–Kier alpha value is -1.62. The van der Waals surface area contributed by atoms with Gasteiger partial charge in [-0.25, -0.2) is 14.4 Å². The molecule has 0 bridgehead atoms. The Morgan fingerprint density at radius 3 is 2.70 bits per heavy atom. The molecule has 0 aliphatic carbocycles. The third kappa shape index (κ3) is 3.48. The number of anilines is 1. The Morgan fingerprint density at radius 2 is 2.05 bits per heavy atom. The summed E-state index contributed by atoms with van der Waals surface area (Å²) in [5, 5.41) is 4.12. The molecule has 0 aliphatic rings. The molecule has 3 nitrogen and oxygen atoms in total. The van der Waals surface area contributed by atoms with E-state index < -0.39 is 0 Å². The van der Waals surface area contributed by atoms with Gasteiger partial charge >= 0.3 is 0 Å². The number of aryl methyl sites for hydroxylation is 1. The zero-order valence-corrected chi connectivity index (χ0v) is 12.7. The van der Waals surface area contributed by atoms with Crippen molar-refractivity contribution >= 4 is 17.6 Å². The van der Waals surface area contributed by atoms with Crippen molar-refractivity contribution in [1.82, 2.24) is 9.97 Å². The van der Waals surface area contributed by atoms with Crippen LogP contribution < -0.4 is 5.32 Å². The van der Waals surface area contributed by atoms with E-state index in [4.69, 9.17) is 0 Å². The summed E-state index contributed by atoms with van der Waals surface area (Å²) in [6.45, 7) is 6.85. The number of halogens is 1. The average molecular weight is 291 g/mol. The highest BCUT2D eigenvalue weighted by molar-refractivity contribution is 7.99. The molecule has 1 aromatic carbocycles. The van der Waals surface area contributed by atoms with Gasteiger partial charge in [0.2, 0.25) is 0 Å². The monoisotopic (exact) mass is 291 g/mol. The normalized spacial score (nSPS) is 10.6. The van der Waals surface area contributed by atoms with Gasteiger partial charge in [0.15, 0.2) is 0 Å². The molecule has 0 unspecified atom stereocenters. The molecule has 20 heavy (non-hydrogen) atoms. The highest BCUT2D eigenvalue weighted by atomic mass is 32.2. The summed E-state index contributed by atoms with van der Waals surface area (Å²) in [4.78, 5) is 9.88. The molecule has 0 spiro atoms. The number of hydrogen-bond donors (Lipinski definition) is 1. The number of nitrogens with one attached hydrogen (secondary N) is 1. The van der Waals surface area contributed by atoms with E-state index in [1.807, 2.05) is 26.8 Å². The van der Waals surface area contributed by atoms with Gasteiger partial charge in [-0.1, -0.05) is 24.8 Å². The van der Waals surface area contributed by atoms with Gasteiger partial charge in [0.1, 0.15) is 22.5 Å². The van der Waals surface area contributed by atoms with Crippen molar-refractivity contribution < 1.29 is 4.39 Å². The molecule has 0 radical (unpaired) electrons. The van der Waals surface area contributed by atoms with Crippen LogP contribution >= 0.6 is 11.8 Å². The lowest BCUT2D eigenvalue weighted by Crippen LogP contribution is -2.07. The first-order chi connectivity index (χ1) is 9.63. The summed E-state index contributed by atoms with van der Waals surface area (Å²) in [5.41, 5.74) is 0.998. The maximum Gasteiger partial charge on any atom is 0.133 e. The Kier molecular flexibility index (Phi) is 4.95. The summed E-state index contributed by atoms with van der Waals surface area (Å²) >= 11 is 1.47.